The van der Waals surface area contributed by atoms with E-state index in [0.717, 1.165) is 32.9 Å². The van der Waals surface area contributed by atoms with Crippen molar-refractivity contribution in [2.24, 2.45) is 0 Å². The maximum atomic E-state index is 11.1. The molecule has 0 fully saturated rings. The first kappa shape index (κ1) is 16.2. The van der Waals surface area contributed by atoms with Gasteiger partial charge in [-0.05, 0) is 0 Å². The van der Waals surface area contributed by atoms with Crippen molar-refractivity contribution in [3.8, 4) is 17.2 Å². The third-order valence-corrected chi connectivity index (χ3v) is 2.04. The number of carbonyl (C=O) groups is 4. The molecule has 0 bridgehead atoms. The molecule has 0 aromatic heterocycles. The minimum absolute atomic E-state index is 0.237. The first-order valence-corrected chi connectivity index (χ1v) is 5.67. The Bertz CT molecular complexity index is 617. The molecule has 0 spiro atoms. The summed E-state index contributed by atoms with van der Waals surface area (Å²) in [4.78, 5) is 44.1. The summed E-state index contributed by atoms with van der Waals surface area (Å²) in [5, 5.41) is 9.07. The minimum Gasteiger partial charge on any atom is -0.478 e. The van der Waals surface area contributed by atoms with Gasteiger partial charge in [-0.15, -0.1) is 0 Å². The lowest BCUT2D eigenvalue weighted by molar-refractivity contribution is -0.134. The fraction of sp³-hybridized carbons (Fsp3) is 0.231. The molecule has 8 heteroatoms. The van der Waals surface area contributed by atoms with E-state index >= 15 is 0 Å². The molecular weight excluding hydrogens is 284 g/mol. The Balaban J connectivity index is 3.44. The van der Waals surface area contributed by atoms with E-state index in [2.05, 4.69) is 0 Å². The van der Waals surface area contributed by atoms with Gasteiger partial charge in [0.15, 0.2) is 11.5 Å². The molecule has 0 atom stereocenters. The van der Waals surface area contributed by atoms with Gasteiger partial charge in [0.25, 0.3) is 0 Å². The zero-order chi connectivity index (χ0) is 16.2. The van der Waals surface area contributed by atoms with Crippen LogP contribution in [0.5, 0.6) is 17.2 Å². The number of ether oxygens (including phenoxy) is 3. The number of benzene rings is 1. The number of aromatic carboxylic acids is 1. The maximum absolute atomic E-state index is 11.1. The van der Waals surface area contributed by atoms with Crippen molar-refractivity contribution in [2.75, 3.05) is 0 Å². The molecule has 1 N–H and O–H groups in total. The van der Waals surface area contributed by atoms with Crippen LogP contribution in [0.2, 0.25) is 0 Å². The third-order valence-electron chi connectivity index (χ3n) is 2.04. The average Bonchev–Trinajstić information content (AvgIpc) is 2.29. The molecule has 112 valence electrons. The summed E-state index contributed by atoms with van der Waals surface area (Å²) in [5.41, 5.74) is -0.419. The number of hydrogen-bond acceptors (Lipinski definition) is 7. The smallest absolute Gasteiger partial charge is 0.339 e. The van der Waals surface area contributed by atoms with E-state index in [-0.39, 0.29) is 17.2 Å². The zero-order valence-corrected chi connectivity index (χ0v) is 11.5. The molecule has 0 saturated heterocycles. The Labute approximate surface area is 119 Å². The molecule has 1 rings (SSSR count). The highest BCUT2D eigenvalue weighted by molar-refractivity contribution is 5.93. The monoisotopic (exact) mass is 296 g/mol. The molecule has 0 saturated carbocycles. The maximum Gasteiger partial charge on any atom is 0.339 e. The van der Waals surface area contributed by atoms with Crippen molar-refractivity contribution in [3.05, 3.63) is 17.7 Å². The second kappa shape index (κ2) is 6.51. The quantitative estimate of drug-likeness (QED) is 0.650. The van der Waals surface area contributed by atoms with Crippen LogP contribution >= 0.6 is 0 Å². The predicted octanol–water partition coefficient (Wildman–Crippen LogP) is 1.16. The van der Waals surface area contributed by atoms with Crippen LogP contribution in [0.4, 0.5) is 0 Å². The number of hydrogen-bond donors (Lipinski definition) is 1. The van der Waals surface area contributed by atoms with E-state index in [9.17, 15) is 19.2 Å². The number of carboxylic acids is 1. The van der Waals surface area contributed by atoms with Crippen molar-refractivity contribution in [3.63, 3.8) is 0 Å². The van der Waals surface area contributed by atoms with E-state index in [0.29, 0.717) is 0 Å². The summed E-state index contributed by atoms with van der Waals surface area (Å²) < 4.78 is 14.3. The SMILES string of the molecule is CC(=O)Oc1cc(OC(C)=O)c(C(=O)O)cc1OC(C)=O. The summed E-state index contributed by atoms with van der Waals surface area (Å²) >= 11 is 0. The van der Waals surface area contributed by atoms with Crippen molar-refractivity contribution < 1.29 is 38.5 Å². The first-order chi connectivity index (χ1) is 9.70. The van der Waals surface area contributed by atoms with Crippen molar-refractivity contribution in [1.29, 1.82) is 0 Å². The van der Waals surface area contributed by atoms with Crippen molar-refractivity contribution >= 4 is 23.9 Å². The largest absolute Gasteiger partial charge is 0.478 e. The van der Waals surface area contributed by atoms with Gasteiger partial charge in [0.05, 0.1) is 0 Å². The summed E-state index contributed by atoms with van der Waals surface area (Å²) in [6.07, 6.45) is 0. The van der Waals surface area contributed by atoms with Crippen molar-refractivity contribution in [1.82, 2.24) is 0 Å². The number of rotatable bonds is 4. The molecule has 0 aliphatic rings. The van der Waals surface area contributed by atoms with E-state index in [1.807, 2.05) is 0 Å². The fourth-order valence-corrected chi connectivity index (χ4v) is 1.42. The standard InChI is InChI=1S/C13H12O8/c1-6(14)19-10-5-12(21-8(3)16)11(20-7(2)15)4-9(10)13(17)18/h4-5H,1-3H3,(H,17,18). The van der Waals surface area contributed by atoms with Gasteiger partial charge in [-0.3, -0.25) is 14.4 Å². The van der Waals surface area contributed by atoms with Crippen LogP contribution in [0.15, 0.2) is 12.1 Å². The molecule has 21 heavy (non-hydrogen) atoms. The van der Waals surface area contributed by atoms with Gasteiger partial charge in [0.2, 0.25) is 0 Å². The summed E-state index contributed by atoms with van der Waals surface area (Å²) in [7, 11) is 0. The lowest BCUT2D eigenvalue weighted by Gasteiger charge is -2.12. The van der Waals surface area contributed by atoms with E-state index in [4.69, 9.17) is 19.3 Å². The second-order valence-corrected chi connectivity index (χ2v) is 3.88. The van der Waals surface area contributed by atoms with Crippen LogP contribution in [0.3, 0.4) is 0 Å². The molecule has 0 amide bonds. The molecule has 0 radical (unpaired) electrons. The number of esters is 3. The highest BCUT2D eigenvalue weighted by atomic mass is 16.6. The Kier molecular flexibility index (Phi) is 5.01. The minimum atomic E-state index is -1.41. The Morgan fingerprint density at radius 3 is 1.52 bits per heavy atom. The summed E-state index contributed by atoms with van der Waals surface area (Å²) in [5.74, 6) is -4.46. The Morgan fingerprint density at radius 2 is 1.14 bits per heavy atom. The van der Waals surface area contributed by atoms with Crippen LogP contribution < -0.4 is 14.2 Å². The zero-order valence-electron chi connectivity index (χ0n) is 11.5. The van der Waals surface area contributed by atoms with E-state index < -0.39 is 29.4 Å². The molecule has 1 aromatic carbocycles. The van der Waals surface area contributed by atoms with Gasteiger partial charge in [-0.2, -0.15) is 0 Å². The molecule has 0 aliphatic heterocycles. The lowest BCUT2D eigenvalue weighted by Crippen LogP contribution is -2.11. The van der Waals surface area contributed by atoms with Crippen LogP contribution in [-0.2, 0) is 14.4 Å². The summed E-state index contributed by atoms with van der Waals surface area (Å²) in [6.45, 7) is 3.28. The van der Waals surface area contributed by atoms with Gasteiger partial charge in [-0.25, -0.2) is 4.79 Å². The number of carboxylic acid groups (broad SMARTS) is 1. The molecule has 8 nitrogen and oxygen atoms in total. The topological polar surface area (TPSA) is 116 Å². The van der Waals surface area contributed by atoms with Crippen LogP contribution in [0.25, 0.3) is 0 Å². The normalized spacial score (nSPS) is 9.67. The van der Waals surface area contributed by atoms with Crippen LogP contribution in [-0.4, -0.2) is 29.0 Å². The van der Waals surface area contributed by atoms with Gasteiger partial charge in [-0.1, -0.05) is 0 Å². The second-order valence-electron chi connectivity index (χ2n) is 3.88. The first-order valence-electron chi connectivity index (χ1n) is 5.67. The van der Waals surface area contributed by atoms with E-state index in [1.165, 1.54) is 0 Å². The molecule has 0 aliphatic carbocycles. The molecule has 1 aromatic rings. The van der Waals surface area contributed by atoms with Gasteiger partial charge in [0.1, 0.15) is 11.3 Å². The highest BCUT2D eigenvalue weighted by Crippen LogP contribution is 2.35. The number of carbonyl (C=O) groups excluding carboxylic acids is 3. The third kappa shape index (κ3) is 4.60. The van der Waals surface area contributed by atoms with Gasteiger partial charge < -0.3 is 19.3 Å². The fourth-order valence-electron chi connectivity index (χ4n) is 1.42. The van der Waals surface area contributed by atoms with Gasteiger partial charge in [0, 0.05) is 32.9 Å². The molecular formula is C13H12O8. The summed E-state index contributed by atoms with van der Waals surface area (Å²) in [6, 6.07) is 1.92. The predicted molar refractivity (Wildman–Crippen MR) is 67.3 cm³/mol. The van der Waals surface area contributed by atoms with Crippen LogP contribution in [0.1, 0.15) is 31.1 Å². The average molecular weight is 296 g/mol. The van der Waals surface area contributed by atoms with E-state index in [1.54, 1.807) is 0 Å². The van der Waals surface area contributed by atoms with Crippen LogP contribution in [0, 0.1) is 0 Å². The van der Waals surface area contributed by atoms with Crippen molar-refractivity contribution in [2.45, 2.75) is 20.8 Å². The molecule has 0 heterocycles. The highest BCUT2D eigenvalue weighted by Gasteiger charge is 2.21. The lowest BCUT2D eigenvalue weighted by atomic mass is 10.1. The Hall–Kier alpha value is -2.90. The Morgan fingerprint density at radius 1 is 0.762 bits per heavy atom. The van der Waals surface area contributed by atoms with Gasteiger partial charge >= 0.3 is 23.9 Å². The molecule has 0 unspecified atom stereocenters.